The normalized spacial score (nSPS) is 16.0. The number of aromatic nitrogens is 2. The van der Waals surface area contributed by atoms with Crippen LogP contribution in [0.5, 0.6) is 0 Å². The molecule has 1 aromatic carbocycles. The number of amides is 1. The van der Waals surface area contributed by atoms with Gasteiger partial charge in [0.25, 0.3) is 11.5 Å². The van der Waals surface area contributed by atoms with Crippen molar-refractivity contribution in [3.63, 3.8) is 0 Å². The zero-order valence-corrected chi connectivity index (χ0v) is 18.9. The van der Waals surface area contributed by atoms with E-state index in [2.05, 4.69) is 26.3 Å². The van der Waals surface area contributed by atoms with Gasteiger partial charge >= 0.3 is 0 Å². The molecular weight excluding hydrogens is 419 g/mol. The molecule has 7 heteroatoms. The third-order valence-electron chi connectivity index (χ3n) is 6.86. The smallest absolute Gasteiger partial charge is 0.269 e. The number of fused-ring (bicyclic) bond motifs is 3. The van der Waals surface area contributed by atoms with E-state index < -0.39 is 0 Å². The zero-order chi connectivity index (χ0) is 23.1. The largest absolute Gasteiger partial charge is 0.354 e. The number of nitrogens with one attached hydrogen (secondary N) is 2. The van der Waals surface area contributed by atoms with Gasteiger partial charge < -0.3 is 10.3 Å². The monoisotopic (exact) mass is 450 g/mol. The summed E-state index contributed by atoms with van der Waals surface area (Å²) in [5.74, 6) is -0.518. The van der Waals surface area contributed by atoms with Crippen LogP contribution in [0.1, 0.15) is 54.1 Å². The summed E-state index contributed by atoms with van der Waals surface area (Å²) in [6, 6.07) is 7.52. The van der Waals surface area contributed by atoms with Crippen molar-refractivity contribution < 1.29 is 12.0 Å². The van der Waals surface area contributed by atoms with E-state index in [1.165, 1.54) is 5.57 Å². The number of nitrogens with zero attached hydrogens (tertiary/aromatic N) is 2. The second-order valence-corrected chi connectivity index (χ2v) is 8.85. The number of hydrogen-bond acceptors (Lipinski definition) is 4. The summed E-state index contributed by atoms with van der Waals surface area (Å²) in [6.07, 6.45) is 5.54. The van der Waals surface area contributed by atoms with Crippen LogP contribution in [0.25, 0.3) is 16.5 Å². The predicted octanol–water partition coefficient (Wildman–Crippen LogP) is 4.00. The first-order valence-electron chi connectivity index (χ1n) is 11.4. The SMILES string of the molecule is CNC(=O)c1ccc(C2=CCN(Cc3ccc4c5c(c(=O)[nH]c4c3F)CCC5)CC2)c(C)n1.[HH].[HH]. The van der Waals surface area contributed by atoms with Crippen LogP contribution in [0.2, 0.25) is 0 Å². The van der Waals surface area contributed by atoms with Gasteiger partial charge in [0, 0.05) is 51.7 Å². The minimum absolute atomic E-state index is 0. The summed E-state index contributed by atoms with van der Waals surface area (Å²) in [5.41, 5.74) is 6.09. The van der Waals surface area contributed by atoms with Crippen molar-refractivity contribution in [1.29, 1.82) is 0 Å². The maximum Gasteiger partial charge on any atom is 0.269 e. The van der Waals surface area contributed by atoms with E-state index in [1.807, 2.05) is 25.1 Å². The lowest BCUT2D eigenvalue weighted by Crippen LogP contribution is -2.28. The Hall–Kier alpha value is -3.32. The molecule has 6 nitrogen and oxygen atoms in total. The summed E-state index contributed by atoms with van der Waals surface area (Å²) < 4.78 is 15.3. The molecule has 1 aliphatic heterocycles. The molecule has 0 atom stereocenters. The lowest BCUT2D eigenvalue weighted by Gasteiger charge is -2.27. The number of hydrogen-bond donors (Lipinski definition) is 2. The molecule has 1 aliphatic carbocycles. The average Bonchev–Trinajstić information content (AvgIpc) is 3.32. The Bertz CT molecular complexity index is 1370. The van der Waals surface area contributed by atoms with E-state index in [9.17, 15) is 9.59 Å². The number of pyridine rings is 2. The summed E-state index contributed by atoms with van der Waals surface area (Å²) >= 11 is 0. The molecule has 0 spiro atoms. The Balaban J connectivity index is 0.00000171. The average molecular weight is 451 g/mol. The molecular formula is C26H31FN4O2. The van der Waals surface area contributed by atoms with Crippen molar-refractivity contribution in [1.82, 2.24) is 20.2 Å². The molecule has 2 aromatic heterocycles. The number of carbonyl (C=O) groups excluding carboxylic acids is 1. The highest BCUT2D eigenvalue weighted by Crippen LogP contribution is 2.30. The standard InChI is InChI=1S/C26H27FN4O2.2H2/c1-15-18(8-9-22(29-15)26(33)28-2)16-10-12-31(13-11-16)14-17-6-7-20-19-4-3-5-21(19)25(32)30-24(20)23(17)27;;/h6-10H,3-5,11-14H2,1-2H3,(H,28,33)(H,30,32);2*1H. The van der Waals surface area contributed by atoms with Gasteiger partial charge in [-0.2, -0.15) is 0 Å². The summed E-state index contributed by atoms with van der Waals surface area (Å²) in [5, 5.41) is 3.43. The number of benzene rings is 1. The van der Waals surface area contributed by atoms with Gasteiger partial charge in [0.1, 0.15) is 5.69 Å². The molecule has 0 fully saturated rings. The molecule has 0 saturated carbocycles. The van der Waals surface area contributed by atoms with Gasteiger partial charge in [-0.3, -0.25) is 14.5 Å². The van der Waals surface area contributed by atoms with E-state index in [0.29, 0.717) is 29.9 Å². The molecule has 0 saturated heterocycles. The van der Waals surface area contributed by atoms with Crippen molar-refractivity contribution in [2.75, 3.05) is 20.1 Å². The number of H-pyrrole nitrogens is 1. The summed E-state index contributed by atoms with van der Waals surface area (Å²) in [4.78, 5) is 33.6. The van der Waals surface area contributed by atoms with Crippen molar-refractivity contribution in [3.8, 4) is 0 Å². The Kier molecular flexibility index (Phi) is 5.58. The van der Waals surface area contributed by atoms with Gasteiger partial charge in [-0.15, -0.1) is 0 Å². The number of aryl methyl sites for hydroxylation is 2. The van der Waals surface area contributed by atoms with E-state index >= 15 is 4.39 Å². The maximum absolute atomic E-state index is 15.3. The third-order valence-corrected chi connectivity index (χ3v) is 6.86. The number of aromatic amines is 1. The van der Waals surface area contributed by atoms with Crippen molar-refractivity contribution in [3.05, 3.63) is 80.2 Å². The van der Waals surface area contributed by atoms with E-state index in [4.69, 9.17) is 0 Å². The van der Waals surface area contributed by atoms with Gasteiger partial charge in [-0.05, 0) is 55.4 Å². The fourth-order valence-electron chi connectivity index (χ4n) is 5.09. The fraction of sp³-hybridized carbons (Fsp3) is 0.346. The van der Waals surface area contributed by atoms with Crippen LogP contribution in [0.15, 0.2) is 35.1 Å². The van der Waals surface area contributed by atoms with Crippen LogP contribution in [0.4, 0.5) is 4.39 Å². The highest BCUT2D eigenvalue weighted by atomic mass is 19.1. The molecule has 0 unspecified atom stereocenters. The van der Waals surface area contributed by atoms with Crippen LogP contribution in [-0.2, 0) is 19.4 Å². The third kappa shape index (κ3) is 3.86. The van der Waals surface area contributed by atoms with Crippen LogP contribution >= 0.6 is 0 Å². The second-order valence-electron chi connectivity index (χ2n) is 8.85. The first-order valence-corrected chi connectivity index (χ1v) is 11.4. The van der Waals surface area contributed by atoms with Crippen LogP contribution in [0, 0.1) is 12.7 Å². The quantitative estimate of drug-likeness (QED) is 0.630. The second kappa shape index (κ2) is 8.56. The predicted molar refractivity (Wildman–Crippen MR) is 131 cm³/mol. The molecule has 0 bridgehead atoms. The van der Waals surface area contributed by atoms with Gasteiger partial charge in [-0.25, -0.2) is 9.37 Å². The highest BCUT2D eigenvalue weighted by Gasteiger charge is 2.22. The molecule has 2 aliphatic rings. The van der Waals surface area contributed by atoms with Gasteiger partial charge in [0.05, 0.1) is 5.52 Å². The minimum Gasteiger partial charge on any atom is -0.354 e. The van der Waals surface area contributed by atoms with E-state index in [-0.39, 0.29) is 20.1 Å². The van der Waals surface area contributed by atoms with Gasteiger partial charge in [0.2, 0.25) is 0 Å². The number of halogens is 1. The summed E-state index contributed by atoms with van der Waals surface area (Å²) in [6.45, 7) is 3.89. The van der Waals surface area contributed by atoms with Crippen molar-refractivity contribution in [2.24, 2.45) is 0 Å². The van der Waals surface area contributed by atoms with Crippen LogP contribution in [0.3, 0.4) is 0 Å². The molecule has 5 rings (SSSR count). The molecule has 3 aromatic rings. The van der Waals surface area contributed by atoms with E-state index in [0.717, 1.165) is 60.0 Å². The molecule has 3 heterocycles. The van der Waals surface area contributed by atoms with Crippen molar-refractivity contribution in [2.45, 2.75) is 39.2 Å². The lowest BCUT2D eigenvalue weighted by molar-refractivity contribution is 0.0958. The molecule has 2 N–H and O–H groups in total. The zero-order valence-electron chi connectivity index (χ0n) is 18.9. The fourth-order valence-corrected chi connectivity index (χ4v) is 5.09. The Morgan fingerprint density at radius 3 is 2.76 bits per heavy atom. The molecule has 1 amide bonds. The molecule has 33 heavy (non-hydrogen) atoms. The van der Waals surface area contributed by atoms with Crippen LogP contribution in [-0.4, -0.2) is 40.9 Å². The minimum atomic E-state index is -0.320. The topological polar surface area (TPSA) is 78.1 Å². The van der Waals surface area contributed by atoms with Crippen molar-refractivity contribution >= 4 is 22.4 Å². The molecule has 174 valence electrons. The lowest BCUT2D eigenvalue weighted by atomic mass is 9.97. The maximum atomic E-state index is 15.3. The Morgan fingerprint density at radius 2 is 2.03 bits per heavy atom. The van der Waals surface area contributed by atoms with Gasteiger partial charge in [-0.1, -0.05) is 24.3 Å². The van der Waals surface area contributed by atoms with Crippen LogP contribution < -0.4 is 10.9 Å². The number of rotatable bonds is 4. The first kappa shape index (κ1) is 21.5. The summed E-state index contributed by atoms with van der Waals surface area (Å²) in [7, 11) is 1.59. The molecule has 0 radical (unpaired) electrons. The van der Waals surface area contributed by atoms with Gasteiger partial charge in [0.15, 0.2) is 5.82 Å². The van der Waals surface area contributed by atoms with E-state index in [1.54, 1.807) is 13.1 Å². The Labute approximate surface area is 194 Å². The first-order chi connectivity index (χ1) is 16.0. The highest BCUT2D eigenvalue weighted by molar-refractivity contribution is 5.92. The Morgan fingerprint density at radius 1 is 1.21 bits per heavy atom. The number of carbonyl (C=O) groups is 1.